The molecular weight excluding hydrogens is 348 g/mol. The molecular formula is C19H21ClN6. The normalized spacial score (nSPS) is 10.8. The van der Waals surface area contributed by atoms with Gasteiger partial charge in [-0.15, -0.1) is 0 Å². The van der Waals surface area contributed by atoms with Gasteiger partial charge in [0, 0.05) is 47.8 Å². The van der Waals surface area contributed by atoms with E-state index in [2.05, 4.69) is 30.5 Å². The topological polar surface area (TPSA) is 66.0 Å². The molecule has 6 nitrogen and oxygen atoms in total. The van der Waals surface area contributed by atoms with Crippen molar-refractivity contribution < 1.29 is 0 Å². The van der Waals surface area contributed by atoms with E-state index in [0.717, 1.165) is 30.0 Å². The van der Waals surface area contributed by atoms with Crippen LogP contribution >= 0.6 is 11.6 Å². The van der Waals surface area contributed by atoms with Crippen molar-refractivity contribution >= 4 is 29.1 Å². The van der Waals surface area contributed by atoms with E-state index < -0.39 is 0 Å². The molecule has 0 aliphatic heterocycles. The Balaban J connectivity index is 1.89. The van der Waals surface area contributed by atoms with E-state index in [1.165, 1.54) is 0 Å². The van der Waals surface area contributed by atoms with Gasteiger partial charge in [-0.25, -0.2) is 4.98 Å². The summed E-state index contributed by atoms with van der Waals surface area (Å²) in [6.07, 6.45) is 3.53. The zero-order valence-corrected chi connectivity index (χ0v) is 15.5. The van der Waals surface area contributed by atoms with E-state index in [0.29, 0.717) is 16.8 Å². The second-order valence-electron chi connectivity index (χ2n) is 6.07. The zero-order valence-electron chi connectivity index (χ0n) is 14.8. The fourth-order valence-electron chi connectivity index (χ4n) is 2.36. The van der Waals surface area contributed by atoms with Crippen LogP contribution in [0.1, 0.15) is 0 Å². The molecule has 0 atom stereocenters. The van der Waals surface area contributed by atoms with Crippen molar-refractivity contribution in [2.75, 3.05) is 37.8 Å². The highest BCUT2D eigenvalue weighted by Crippen LogP contribution is 2.24. The van der Waals surface area contributed by atoms with Crippen molar-refractivity contribution in [2.24, 2.45) is 0 Å². The van der Waals surface area contributed by atoms with E-state index in [4.69, 9.17) is 11.6 Å². The van der Waals surface area contributed by atoms with Gasteiger partial charge in [-0.2, -0.15) is 4.98 Å². The largest absolute Gasteiger partial charge is 0.353 e. The third-order valence-electron chi connectivity index (χ3n) is 3.62. The van der Waals surface area contributed by atoms with Crippen molar-refractivity contribution in [1.29, 1.82) is 0 Å². The Kier molecular flexibility index (Phi) is 5.99. The van der Waals surface area contributed by atoms with Gasteiger partial charge in [0.1, 0.15) is 5.82 Å². The molecule has 0 saturated heterocycles. The number of pyridine rings is 1. The van der Waals surface area contributed by atoms with Gasteiger partial charge < -0.3 is 15.5 Å². The highest BCUT2D eigenvalue weighted by molar-refractivity contribution is 6.30. The SMILES string of the molecule is CN(C)CCNc1nc(Nc2cccc(Cl)c2)cc(-c2cccnc2)n1. The number of rotatable bonds is 7. The third-order valence-corrected chi connectivity index (χ3v) is 3.86. The molecule has 2 N–H and O–H groups in total. The van der Waals surface area contributed by atoms with Crippen molar-refractivity contribution in [3.05, 3.63) is 59.9 Å². The molecule has 0 spiro atoms. The molecule has 0 amide bonds. The first kappa shape index (κ1) is 18.1. The summed E-state index contributed by atoms with van der Waals surface area (Å²) in [5.74, 6) is 1.26. The van der Waals surface area contributed by atoms with Crippen molar-refractivity contribution in [2.45, 2.75) is 0 Å². The van der Waals surface area contributed by atoms with Gasteiger partial charge in [0.25, 0.3) is 0 Å². The summed E-state index contributed by atoms with van der Waals surface area (Å²) in [5.41, 5.74) is 2.59. The number of nitrogens with one attached hydrogen (secondary N) is 2. The fourth-order valence-corrected chi connectivity index (χ4v) is 2.55. The molecule has 3 aromatic rings. The molecule has 134 valence electrons. The van der Waals surface area contributed by atoms with Gasteiger partial charge in [0.05, 0.1) is 5.69 Å². The minimum Gasteiger partial charge on any atom is -0.353 e. The molecule has 3 rings (SSSR count). The molecule has 2 aromatic heterocycles. The lowest BCUT2D eigenvalue weighted by Gasteiger charge is -2.13. The van der Waals surface area contributed by atoms with E-state index in [-0.39, 0.29) is 0 Å². The maximum Gasteiger partial charge on any atom is 0.225 e. The number of halogens is 1. The maximum absolute atomic E-state index is 6.07. The van der Waals surface area contributed by atoms with Crippen LogP contribution in [-0.4, -0.2) is 47.0 Å². The van der Waals surface area contributed by atoms with Gasteiger partial charge >= 0.3 is 0 Å². The first-order valence-corrected chi connectivity index (χ1v) is 8.68. The van der Waals surface area contributed by atoms with Gasteiger partial charge in [-0.1, -0.05) is 17.7 Å². The fraction of sp³-hybridized carbons (Fsp3) is 0.211. The molecule has 2 heterocycles. The number of likely N-dealkylation sites (N-methyl/N-ethyl adjacent to an activating group) is 1. The van der Waals surface area contributed by atoms with E-state index >= 15 is 0 Å². The Morgan fingerprint density at radius 1 is 1.08 bits per heavy atom. The predicted molar refractivity (Wildman–Crippen MR) is 107 cm³/mol. The van der Waals surface area contributed by atoms with Crippen molar-refractivity contribution in [1.82, 2.24) is 19.9 Å². The summed E-state index contributed by atoms with van der Waals surface area (Å²) in [7, 11) is 4.06. The second kappa shape index (κ2) is 8.60. The predicted octanol–water partition coefficient (Wildman–Crippen LogP) is 3.91. The van der Waals surface area contributed by atoms with Gasteiger partial charge in [-0.3, -0.25) is 4.98 Å². The quantitative estimate of drug-likeness (QED) is 0.659. The molecule has 0 aliphatic carbocycles. The highest BCUT2D eigenvalue weighted by Gasteiger charge is 2.08. The Morgan fingerprint density at radius 2 is 1.96 bits per heavy atom. The molecule has 0 unspecified atom stereocenters. The van der Waals surface area contributed by atoms with Crippen LogP contribution in [0, 0.1) is 0 Å². The summed E-state index contributed by atoms with van der Waals surface area (Å²) in [6, 6.07) is 13.3. The van der Waals surface area contributed by atoms with E-state index in [1.54, 1.807) is 12.4 Å². The second-order valence-corrected chi connectivity index (χ2v) is 6.51. The van der Waals surface area contributed by atoms with Crippen LogP contribution in [0.5, 0.6) is 0 Å². The number of anilines is 3. The smallest absolute Gasteiger partial charge is 0.225 e. The van der Waals surface area contributed by atoms with Gasteiger partial charge in [0.2, 0.25) is 5.95 Å². The Bertz CT molecular complexity index is 854. The van der Waals surface area contributed by atoms with E-state index in [1.807, 2.05) is 56.6 Å². The van der Waals surface area contributed by atoms with Crippen LogP contribution in [0.4, 0.5) is 17.5 Å². The molecule has 26 heavy (non-hydrogen) atoms. The average Bonchev–Trinajstić information content (AvgIpc) is 2.62. The van der Waals surface area contributed by atoms with Crippen molar-refractivity contribution in [3.8, 4) is 11.3 Å². The molecule has 1 aromatic carbocycles. The molecule has 7 heteroatoms. The van der Waals surface area contributed by atoms with Gasteiger partial charge in [0.15, 0.2) is 0 Å². The molecule has 0 radical (unpaired) electrons. The monoisotopic (exact) mass is 368 g/mol. The van der Waals surface area contributed by atoms with Crippen LogP contribution < -0.4 is 10.6 Å². The Hall–Kier alpha value is -2.70. The highest BCUT2D eigenvalue weighted by atomic mass is 35.5. The minimum atomic E-state index is 0.567. The molecule has 0 aliphatic rings. The molecule has 0 fully saturated rings. The lowest BCUT2D eigenvalue weighted by molar-refractivity contribution is 0.425. The minimum absolute atomic E-state index is 0.567. The first-order valence-electron chi connectivity index (χ1n) is 8.31. The lowest BCUT2D eigenvalue weighted by Crippen LogP contribution is -2.21. The molecule has 0 bridgehead atoms. The summed E-state index contributed by atoms with van der Waals surface area (Å²) < 4.78 is 0. The molecule has 0 saturated carbocycles. The Morgan fingerprint density at radius 3 is 2.69 bits per heavy atom. The van der Waals surface area contributed by atoms with E-state index in [9.17, 15) is 0 Å². The summed E-state index contributed by atoms with van der Waals surface area (Å²) in [6.45, 7) is 1.64. The first-order chi connectivity index (χ1) is 12.6. The van der Waals surface area contributed by atoms with Gasteiger partial charge in [-0.05, 0) is 44.4 Å². The van der Waals surface area contributed by atoms with Crippen LogP contribution in [0.3, 0.4) is 0 Å². The average molecular weight is 369 g/mol. The maximum atomic E-state index is 6.07. The van der Waals surface area contributed by atoms with Crippen LogP contribution in [0.25, 0.3) is 11.3 Å². The van der Waals surface area contributed by atoms with Crippen LogP contribution in [-0.2, 0) is 0 Å². The van der Waals surface area contributed by atoms with Crippen molar-refractivity contribution in [3.63, 3.8) is 0 Å². The number of hydrogen-bond donors (Lipinski definition) is 2. The number of nitrogens with zero attached hydrogens (tertiary/aromatic N) is 4. The summed E-state index contributed by atoms with van der Waals surface area (Å²) >= 11 is 6.07. The lowest BCUT2D eigenvalue weighted by atomic mass is 10.2. The number of benzene rings is 1. The Labute approximate surface area is 158 Å². The number of aromatic nitrogens is 3. The zero-order chi connectivity index (χ0) is 18.4. The standard InChI is InChI=1S/C19H21ClN6/c1-26(2)10-9-22-19-24-17(14-5-4-8-21-13-14)12-18(25-19)23-16-7-3-6-15(20)11-16/h3-8,11-13H,9-10H2,1-2H3,(H2,22,23,24,25). The van der Waals surface area contributed by atoms with Crippen LogP contribution in [0.2, 0.25) is 5.02 Å². The van der Waals surface area contributed by atoms with Crippen LogP contribution in [0.15, 0.2) is 54.9 Å². The number of hydrogen-bond acceptors (Lipinski definition) is 6. The summed E-state index contributed by atoms with van der Waals surface area (Å²) in [5, 5.41) is 7.23. The third kappa shape index (κ3) is 5.15. The summed E-state index contributed by atoms with van der Waals surface area (Å²) in [4.78, 5) is 15.5.